The molecule has 1 N–H and O–H groups in total. The zero-order valence-electron chi connectivity index (χ0n) is 18.6. The summed E-state index contributed by atoms with van der Waals surface area (Å²) in [5.74, 6) is -1.19. The molecular formula is C27H24FN3O2S. The van der Waals surface area contributed by atoms with E-state index in [0.717, 1.165) is 47.4 Å². The van der Waals surface area contributed by atoms with Crippen LogP contribution in [0.4, 0.5) is 10.1 Å². The molecule has 6 rings (SSSR count). The second kappa shape index (κ2) is 8.17. The summed E-state index contributed by atoms with van der Waals surface area (Å²) < 4.78 is 15.2. The van der Waals surface area contributed by atoms with Gasteiger partial charge in [-0.25, -0.2) is 14.4 Å². The van der Waals surface area contributed by atoms with Gasteiger partial charge < -0.3 is 10.0 Å². The van der Waals surface area contributed by atoms with E-state index in [2.05, 4.69) is 35.3 Å². The van der Waals surface area contributed by atoms with Gasteiger partial charge in [-0.3, -0.25) is 4.79 Å². The van der Waals surface area contributed by atoms with E-state index >= 15 is 4.39 Å². The van der Waals surface area contributed by atoms with Gasteiger partial charge in [0.15, 0.2) is 0 Å². The Morgan fingerprint density at radius 2 is 1.88 bits per heavy atom. The van der Waals surface area contributed by atoms with Gasteiger partial charge in [-0.2, -0.15) is 0 Å². The Labute approximate surface area is 200 Å². The highest BCUT2D eigenvalue weighted by atomic mass is 32.1. The number of thiazole rings is 1. The fourth-order valence-corrected chi connectivity index (χ4v) is 5.72. The standard InChI is InChI=1S/C27H24FN3O2S/c28-21-16-19(31(18-6-7-18)15-12-24(32)33)8-9-20(21)25-29-22-10-11-23(30-26(22)34-25)27(13-14-27)17-4-2-1-3-5-17/h1-5,8-11,16,18H,6-7,12-15H2,(H,32,33). The molecule has 4 aromatic rings. The lowest BCUT2D eigenvalue weighted by atomic mass is 9.92. The van der Waals surface area contributed by atoms with E-state index in [1.807, 2.05) is 23.1 Å². The van der Waals surface area contributed by atoms with Gasteiger partial charge in [-0.05, 0) is 61.6 Å². The van der Waals surface area contributed by atoms with Crippen LogP contribution in [0.2, 0.25) is 0 Å². The summed E-state index contributed by atoms with van der Waals surface area (Å²) in [5, 5.41) is 9.66. The van der Waals surface area contributed by atoms with Gasteiger partial charge >= 0.3 is 5.97 Å². The van der Waals surface area contributed by atoms with E-state index < -0.39 is 5.97 Å². The SMILES string of the molecule is O=C(O)CCN(c1ccc(-c2nc3ccc(C4(c5ccccc5)CC4)nc3s2)c(F)c1)C1CC1. The number of anilines is 1. The quantitative estimate of drug-likeness (QED) is 0.339. The summed E-state index contributed by atoms with van der Waals surface area (Å²) in [6, 6.07) is 20.0. The van der Waals surface area contributed by atoms with Crippen molar-refractivity contribution in [3.8, 4) is 10.6 Å². The summed E-state index contributed by atoms with van der Waals surface area (Å²) >= 11 is 1.41. The van der Waals surface area contributed by atoms with Crippen molar-refractivity contribution in [1.29, 1.82) is 0 Å². The van der Waals surface area contributed by atoms with Crippen molar-refractivity contribution in [3.05, 3.63) is 77.7 Å². The van der Waals surface area contributed by atoms with Crippen LogP contribution in [0.25, 0.3) is 20.9 Å². The maximum absolute atomic E-state index is 15.2. The Hall–Kier alpha value is -3.32. The van der Waals surface area contributed by atoms with E-state index in [-0.39, 0.29) is 17.7 Å². The number of carboxylic acids is 1. The van der Waals surface area contributed by atoms with E-state index in [0.29, 0.717) is 23.2 Å². The molecule has 2 fully saturated rings. The van der Waals surface area contributed by atoms with Crippen LogP contribution in [-0.2, 0) is 10.2 Å². The minimum absolute atomic E-state index is 0.0191. The number of hydrogen-bond donors (Lipinski definition) is 1. The van der Waals surface area contributed by atoms with E-state index in [1.165, 1.54) is 23.0 Å². The Morgan fingerprint density at radius 1 is 1.09 bits per heavy atom. The van der Waals surface area contributed by atoms with Crippen molar-refractivity contribution in [3.63, 3.8) is 0 Å². The molecule has 0 unspecified atom stereocenters. The number of pyridine rings is 1. The Morgan fingerprint density at radius 3 is 2.56 bits per heavy atom. The summed E-state index contributed by atoms with van der Waals surface area (Å²) in [7, 11) is 0. The van der Waals surface area contributed by atoms with Crippen LogP contribution in [0.1, 0.15) is 43.4 Å². The highest BCUT2D eigenvalue weighted by Crippen LogP contribution is 2.53. The molecule has 172 valence electrons. The molecule has 7 heteroatoms. The first-order chi connectivity index (χ1) is 16.5. The zero-order valence-corrected chi connectivity index (χ0v) is 19.4. The summed E-state index contributed by atoms with van der Waals surface area (Å²) in [6.45, 7) is 0.385. The second-order valence-electron chi connectivity index (χ2n) is 9.22. The third-order valence-electron chi connectivity index (χ3n) is 6.89. The Balaban J connectivity index is 1.30. The highest BCUT2D eigenvalue weighted by Gasteiger charge is 2.47. The predicted octanol–water partition coefficient (Wildman–Crippen LogP) is 6.02. The van der Waals surface area contributed by atoms with Crippen LogP contribution in [0.5, 0.6) is 0 Å². The average molecular weight is 474 g/mol. The van der Waals surface area contributed by atoms with Crippen LogP contribution in [0, 0.1) is 5.82 Å². The number of nitrogens with zero attached hydrogens (tertiary/aromatic N) is 3. The lowest BCUT2D eigenvalue weighted by Gasteiger charge is -2.24. The first-order valence-corrected chi connectivity index (χ1v) is 12.5. The van der Waals surface area contributed by atoms with Gasteiger partial charge in [0.1, 0.15) is 21.2 Å². The fourth-order valence-electron chi connectivity index (χ4n) is 4.75. The van der Waals surface area contributed by atoms with Crippen LogP contribution >= 0.6 is 11.3 Å². The van der Waals surface area contributed by atoms with Crippen molar-refractivity contribution in [2.45, 2.75) is 43.6 Å². The highest BCUT2D eigenvalue weighted by molar-refractivity contribution is 7.21. The normalized spacial score (nSPS) is 16.5. The van der Waals surface area contributed by atoms with Gasteiger partial charge in [-0.1, -0.05) is 41.7 Å². The minimum atomic E-state index is -0.843. The smallest absolute Gasteiger partial charge is 0.305 e. The Kier molecular flexibility index (Phi) is 5.10. The third-order valence-corrected chi connectivity index (χ3v) is 7.89. The molecule has 0 saturated heterocycles. The van der Waals surface area contributed by atoms with Gasteiger partial charge in [0.2, 0.25) is 0 Å². The average Bonchev–Trinajstić information content (AvgIpc) is 3.77. The first-order valence-electron chi connectivity index (χ1n) is 11.7. The fraction of sp³-hybridized carbons (Fsp3) is 0.296. The minimum Gasteiger partial charge on any atom is -0.481 e. The molecule has 0 spiro atoms. The number of carboxylic acid groups (broad SMARTS) is 1. The van der Waals surface area contributed by atoms with Crippen molar-refractivity contribution >= 4 is 33.3 Å². The molecule has 2 heterocycles. The number of hydrogen-bond acceptors (Lipinski definition) is 5. The van der Waals surface area contributed by atoms with Crippen molar-refractivity contribution < 1.29 is 14.3 Å². The monoisotopic (exact) mass is 473 g/mol. The van der Waals surface area contributed by atoms with Crippen molar-refractivity contribution in [1.82, 2.24) is 9.97 Å². The number of fused-ring (bicyclic) bond motifs is 1. The second-order valence-corrected chi connectivity index (χ2v) is 10.2. The van der Waals surface area contributed by atoms with Crippen LogP contribution in [-0.4, -0.2) is 33.6 Å². The largest absolute Gasteiger partial charge is 0.481 e. The molecule has 2 aliphatic carbocycles. The number of benzene rings is 2. The molecule has 5 nitrogen and oxygen atoms in total. The number of halogens is 1. The molecule has 0 atom stereocenters. The third kappa shape index (κ3) is 3.84. The molecule has 0 bridgehead atoms. The lowest BCUT2D eigenvalue weighted by molar-refractivity contribution is -0.136. The maximum atomic E-state index is 15.2. The van der Waals surface area contributed by atoms with E-state index in [1.54, 1.807) is 6.07 Å². The summed E-state index contributed by atoms with van der Waals surface area (Å²) in [6.07, 6.45) is 4.22. The van der Waals surface area contributed by atoms with Crippen LogP contribution < -0.4 is 4.90 Å². The van der Waals surface area contributed by atoms with E-state index in [9.17, 15) is 4.79 Å². The number of aromatic nitrogens is 2. The van der Waals surface area contributed by atoms with Gasteiger partial charge in [0.25, 0.3) is 0 Å². The topological polar surface area (TPSA) is 66.3 Å². The lowest BCUT2D eigenvalue weighted by Crippen LogP contribution is -2.28. The van der Waals surface area contributed by atoms with E-state index in [4.69, 9.17) is 10.1 Å². The van der Waals surface area contributed by atoms with Gasteiger partial charge in [-0.15, -0.1) is 0 Å². The molecule has 0 amide bonds. The molecule has 2 aromatic carbocycles. The first kappa shape index (κ1) is 21.2. The molecule has 0 radical (unpaired) electrons. The van der Waals surface area contributed by atoms with Crippen LogP contribution in [0.3, 0.4) is 0 Å². The number of carbonyl (C=O) groups is 1. The molecule has 34 heavy (non-hydrogen) atoms. The summed E-state index contributed by atoms with van der Waals surface area (Å²) in [5.41, 5.74) is 4.27. The van der Waals surface area contributed by atoms with Gasteiger partial charge in [0.05, 0.1) is 12.1 Å². The molecule has 2 saturated carbocycles. The maximum Gasteiger partial charge on any atom is 0.305 e. The number of aliphatic carboxylic acids is 1. The number of rotatable bonds is 8. The molecule has 2 aromatic heterocycles. The van der Waals surface area contributed by atoms with Crippen molar-refractivity contribution in [2.75, 3.05) is 11.4 Å². The predicted molar refractivity (Wildman–Crippen MR) is 132 cm³/mol. The van der Waals surface area contributed by atoms with Crippen LogP contribution in [0.15, 0.2) is 60.7 Å². The Bertz CT molecular complexity index is 1380. The zero-order chi connectivity index (χ0) is 23.3. The molecule has 0 aliphatic heterocycles. The molecular weight excluding hydrogens is 449 g/mol. The molecule has 2 aliphatic rings. The van der Waals surface area contributed by atoms with Crippen molar-refractivity contribution in [2.24, 2.45) is 0 Å². The van der Waals surface area contributed by atoms with Gasteiger partial charge in [0, 0.05) is 29.3 Å². The summed E-state index contributed by atoms with van der Waals surface area (Å²) in [4.78, 5) is 23.5.